The highest BCUT2D eigenvalue weighted by Crippen LogP contribution is 2.17. The van der Waals surface area contributed by atoms with Gasteiger partial charge in [-0.25, -0.2) is 4.79 Å². The molecular weight excluding hydrogens is 208 g/mol. The van der Waals surface area contributed by atoms with Gasteiger partial charge in [-0.05, 0) is 20.3 Å². The zero-order valence-corrected chi connectivity index (χ0v) is 10.7. The van der Waals surface area contributed by atoms with Gasteiger partial charge in [-0.2, -0.15) is 0 Å². The van der Waals surface area contributed by atoms with Crippen LogP contribution in [-0.2, 0) is 19.0 Å². The molecule has 94 valence electrons. The maximum absolute atomic E-state index is 11.4. The van der Waals surface area contributed by atoms with Crippen LogP contribution in [0.1, 0.15) is 40.5 Å². The SMILES string of the molecule is C=C(C)C(=O)OC(C)(OCC)OCCCC. The lowest BCUT2D eigenvalue weighted by atomic mass is 10.3. The van der Waals surface area contributed by atoms with Gasteiger partial charge in [0, 0.05) is 12.5 Å². The number of hydrogen-bond acceptors (Lipinski definition) is 4. The minimum absolute atomic E-state index is 0.324. The smallest absolute Gasteiger partial charge is 0.337 e. The van der Waals surface area contributed by atoms with Gasteiger partial charge in [-0.1, -0.05) is 19.9 Å². The van der Waals surface area contributed by atoms with E-state index in [0.29, 0.717) is 18.8 Å². The lowest BCUT2D eigenvalue weighted by Gasteiger charge is -2.28. The summed E-state index contributed by atoms with van der Waals surface area (Å²) in [5, 5.41) is 0. The van der Waals surface area contributed by atoms with Crippen molar-refractivity contribution in [3.8, 4) is 0 Å². The highest BCUT2D eigenvalue weighted by atomic mass is 16.9. The summed E-state index contributed by atoms with van der Waals surface area (Å²) >= 11 is 0. The molecule has 0 aliphatic carbocycles. The molecule has 0 rings (SSSR count). The van der Waals surface area contributed by atoms with Crippen LogP contribution in [0.4, 0.5) is 0 Å². The quantitative estimate of drug-likeness (QED) is 0.278. The van der Waals surface area contributed by atoms with Crippen molar-refractivity contribution >= 4 is 5.97 Å². The minimum atomic E-state index is -1.31. The number of ether oxygens (including phenoxy) is 3. The summed E-state index contributed by atoms with van der Waals surface area (Å²) in [4.78, 5) is 11.4. The first-order valence-electron chi connectivity index (χ1n) is 5.62. The molecule has 0 aromatic carbocycles. The predicted octanol–water partition coefficient (Wildman–Crippen LogP) is 2.63. The second kappa shape index (κ2) is 7.41. The van der Waals surface area contributed by atoms with Crippen LogP contribution in [0, 0.1) is 0 Å². The van der Waals surface area contributed by atoms with Crippen molar-refractivity contribution in [2.75, 3.05) is 13.2 Å². The summed E-state index contributed by atoms with van der Waals surface area (Å²) < 4.78 is 15.8. The molecule has 1 unspecified atom stereocenters. The molecule has 0 radical (unpaired) electrons. The molecule has 0 bridgehead atoms. The maximum Gasteiger partial charge on any atom is 0.337 e. The Hall–Kier alpha value is -0.870. The Morgan fingerprint density at radius 1 is 1.31 bits per heavy atom. The van der Waals surface area contributed by atoms with Crippen LogP contribution in [0.25, 0.3) is 0 Å². The molecule has 0 N–H and O–H groups in total. The van der Waals surface area contributed by atoms with Crippen molar-refractivity contribution in [1.29, 1.82) is 0 Å². The molecule has 0 spiro atoms. The van der Waals surface area contributed by atoms with E-state index in [-0.39, 0.29) is 0 Å². The molecule has 16 heavy (non-hydrogen) atoms. The summed E-state index contributed by atoms with van der Waals surface area (Å²) in [6, 6.07) is 0. The van der Waals surface area contributed by atoms with E-state index in [1.54, 1.807) is 13.8 Å². The number of unbranched alkanes of at least 4 members (excludes halogenated alkanes) is 1. The van der Waals surface area contributed by atoms with Gasteiger partial charge in [-0.3, -0.25) is 0 Å². The largest absolute Gasteiger partial charge is 0.405 e. The Bertz CT molecular complexity index is 237. The number of hydrogen-bond donors (Lipinski definition) is 0. The average Bonchev–Trinajstić information content (AvgIpc) is 2.18. The predicted molar refractivity (Wildman–Crippen MR) is 61.8 cm³/mol. The van der Waals surface area contributed by atoms with Crippen LogP contribution >= 0.6 is 0 Å². The van der Waals surface area contributed by atoms with Crippen molar-refractivity contribution in [3.63, 3.8) is 0 Å². The minimum Gasteiger partial charge on any atom is -0.405 e. The standard InChI is InChI=1S/C12H22O4/c1-6-8-9-15-12(5,14-7-2)16-11(13)10(3)4/h3,6-9H2,1-2,4-5H3. The number of carbonyl (C=O) groups is 1. The van der Waals surface area contributed by atoms with Gasteiger partial charge >= 0.3 is 11.9 Å². The van der Waals surface area contributed by atoms with E-state index in [9.17, 15) is 4.79 Å². The van der Waals surface area contributed by atoms with Crippen LogP contribution in [0.3, 0.4) is 0 Å². The van der Waals surface area contributed by atoms with Crippen molar-refractivity contribution in [2.24, 2.45) is 0 Å². The first-order valence-corrected chi connectivity index (χ1v) is 5.62. The molecule has 0 fully saturated rings. The first-order chi connectivity index (χ1) is 7.45. The molecule has 0 aliphatic rings. The summed E-state index contributed by atoms with van der Waals surface area (Å²) in [7, 11) is 0. The van der Waals surface area contributed by atoms with Gasteiger partial charge in [0.05, 0.1) is 13.2 Å². The summed E-state index contributed by atoms with van der Waals surface area (Å²) in [5.41, 5.74) is 0.324. The average molecular weight is 230 g/mol. The third kappa shape index (κ3) is 5.88. The van der Waals surface area contributed by atoms with Gasteiger partial charge in [0.25, 0.3) is 0 Å². The topological polar surface area (TPSA) is 44.8 Å². The summed E-state index contributed by atoms with van der Waals surface area (Å²) in [5.74, 6) is -1.81. The molecule has 0 saturated carbocycles. The fraction of sp³-hybridized carbons (Fsp3) is 0.750. The summed E-state index contributed by atoms with van der Waals surface area (Å²) in [6.07, 6.45) is 1.91. The summed E-state index contributed by atoms with van der Waals surface area (Å²) in [6.45, 7) is 11.5. The third-order valence-corrected chi connectivity index (χ3v) is 1.90. The molecule has 0 heterocycles. The first kappa shape index (κ1) is 15.1. The van der Waals surface area contributed by atoms with Gasteiger partial charge in [0.15, 0.2) is 0 Å². The van der Waals surface area contributed by atoms with Gasteiger partial charge in [0.2, 0.25) is 0 Å². The highest BCUT2D eigenvalue weighted by Gasteiger charge is 2.30. The molecule has 0 saturated heterocycles. The highest BCUT2D eigenvalue weighted by molar-refractivity contribution is 5.87. The lowest BCUT2D eigenvalue weighted by Crippen LogP contribution is -2.38. The van der Waals surface area contributed by atoms with Crippen LogP contribution < -0.4 is 0 Å². The van der Waals surface area contributed by atoms with Crippen molar-refractivity contribution in [2.45, 2.75) is 46.5 Å². The van der Waals surface area contributed by atoms with E-state index in [1.807, 2.05) is 6.92 Å². The van der Waals surface area contributed by atoms with Crippen LogP contribution in [0.5, 0.6) is 0 Å². The molecular formula is C12H22O4. The zero-order chi connectivity index (χ0) is 12.6. The van der Waals surface area contributed by atoms with Crippen LogP contribution in [-0.4, -0.2) is 25.2 Å². The maximum atomic E-state index is 11.4. The van der Waals surface area contributed by atoms with Crippen LogP contribution in [0.2, 0.25) is 0 Å². The van der Waals surface area contributed by atoms with E-state index in [2.05, 4.69) is 13.5 Å². The van der Waals surface area contributed by atoms with E-state index in [0.717, 1.165) is 12.8 Å². The molecule has 0 aliphatic heterocycles. The zero-order valence-electron chi connectivity index (χ0n) is 10.7. The van der Waals surface area contributed by atoms with Gasteiger partial charge in [0.1, 0.15) is 0 Å². The second-order valence-electron chi connectivity index (χ2n) is 3.67. The van der Waals surface area contributed by atoms with Crippen molar-refractivity contribution in [1.82, 2.24) is 0 Å². The lowest BCUT2D eigenvalue weighted by molar-refractivity contribution is -0.349. The Morgan fingerprint density at radius 3 is 2.38 bits per heavy atom. The van der Waals surface area contributed by atoms with Gasteiger partial charge < -0.3 is 14.2 Å². The monoisotopic (exact) mass is 230 g/mol. The van der Waals surface area contributed by atoms with E-state index < -0.39 is 11.9 Å². The third-order valence-electron chi connectivity index (χ3n) is 1.90. The molecule has 0 amide bonds. The second-order valence-corrected chi connectivity index (χ2v) is 3.67. The Balaban J connectivity index is 4.31. The Labute approximate surface area is 97.6 Å². The fourth-order valence-corrected chi connectivity index (χ4v) is 1.02. The Kier molecular flexibility index (Phi) is 7.01. The van der Waals surface area contributed by atoms with E-state index in [1.165, 1.54) is 0 Å². The number of esters is 1. The number of carbonyl (C=O) groups excluding carboxylic acids is 1. The fourth-order valence-electron chi connectivity index (χ4n) is 1.02. The molecule has 4 nitrogen and oxygen atoms in total. The van der Waals surface area contributed by atoms with E-state index in [4.69, 9.17) is 14.2 Å². The van der Waals surface area contributed by atoms with E-state index >= 15 is 0 Å². The molecule has 1 atom stereocenters. The van der Waals surface area contributed by atoms with Gasteiger partial charge in [-0.15, -0.1) is 0 Å². The molecule has 0 aromatic rings. The number of rotatable bonds is 8. The Morgan fingerprint density at radius 2 is 1.94 bits per heavy atom. The van der Waals surface area contributed by atoms with Crippen LogP contribution in [0.15, 0.2) is 12.2 Å². The van der Waals surface area contributed by atoms with Crippen molar-refractivity contribution < 1.29 is 19.0 Å². The molecule has 4 heteroatoms. The molecule has 0 aromatic heterocycles. The van der Waals surface area contributed by atoms with Crippen molar-refractivity contribution in [3.05, 3.63) is 12.2 Å². The normalized spacial score (nSPS) is 14.2.